The molecule has 0 rings (SSSR count). The van der Waals surface area contributed by atoms with Gasteiger partial charge in [-0.15, -0.1) is 26.3 Å². The average Bonchev–Trinajstić information content (AvgIpc) is 2.46. The Bertz CT molecular complexity index is 465. The van der Waals surface area contributed by atoms with Crippen LogP contribution in [0.3, 0.4) is 0 Å². The number of rotatable bonds is 11. The molecule has 0 saturated carbocycles. The zero-order valence-electron chi connectivity index (χ0n) is 12.7. The van der Waals surface area contributed by atoms with Gasteiger partial charge in [0.05, 0.1) is 0 Å². The number of primary amides is 1. The minimum absolute atomic E-state index is 0.104. The highest BCUT2D eigenvalue weighted by atomic mass is 16.4. The number of amides is 2. The average molecular weight is 308 g/mol. The maximum Gasteiger partial charge on any atom is 0.259 e. The molecule has 0 bridgehead atoms. The van der Waals surface area contributed by atoms with Crippen molar-refractivity contribution in [3.05, 3.63) is 50.6 Å². The molecule has 0 spiro atoms. The summed E-state index contributed by atoms with van der Waals surface area (Å²) in [5, 5.41) is 21.3. The van der Waals surface area contributed by atoms with Crippen LogP contribution in [0.5, 0.6) is 0 Å². The van der Waals surface area contributed by atoms with Crippen LogP contribution in [0.25, 0.3) is 0 Å². The van der Waals surface area contributed by atoms with Crippen molar-refractivity contribution in [1.29, 1.82) is 0 Å². The third-order valence-corrected chi connectivity index (χ3v) is 3.31. The lowest BCUT2D eigenvalue weighted by atomic mass is 9.76. The molecule has 2 amide bonds. The summed E-state index contributed by atoms with van der Waals surface area (Å²) >= 11 is 0. The molecule has 2 atom stereocenters. The maximum atomic E-state index is 12.7. The summed E-state index contributed by atoms with van der Waals surface area (Å²) in [4.78, 5) is 25.6. The quantitative estimate of drug-likeness (QED) is 0.477. The van der Waals surface area contributed by atoms with E-state index in [-0.39, 0.29) is 25.9 Å². The van der Waals surface area contributed by atoms with Crippen LogP contribution < -0.4 is 5.73 Å². The standard InChI is InChI=1S/C16H24N2O4/c1-5-9-15(21,13(17)19)16(22,10-6-2)14(20)18(11-7-3)12-8-4/h5-8,21-22H,1-4,9-12H2,(H2,17,19). The lowest BCUT2D eigenvalue weighted by Crippen LogP contribution is -2.68. The van der Waals surface area contributed by atoms with Crippen molar-refractivity contribution < 1.29 is 19.8 Å². The van der Waals surface area contributed by atoms with Gasteiger partial charge in [-0.05, 0) is 0 Å². The van der Waals surface area contributed by atoms with Crippen LogP contribution in [-0.4, -0.2) is 51.2 Å². The van der Waals surface area contributed by atoms with Gasteiger partial charge in [-0.3, -0.25) is 9.59 Å². The fourth-order valence-corrected chi connectivity index (χ4v) is 2.14. The lowest BCUT2D eigenvalue weighted by Gasteiger charge is -2.41. The van der Waals surface area contributed by atoms with Gasteiger partial charge in [0.15, 0.2) is 11.2 Å². The lowest BCUT2D eigenvalue weighted by molar-refractivity contribution is -0.189. The highest BCUT2D eigenvalue weighted by Crippen LogP contribution is 2.32. The molecule has 4 N–H and O–H groups in total. The fraction of sp³-hybridized carbons (Fsp3) is 0.375. The third kappa shape index (κ3) is 3.72. The summed E-state index contributed by atoms with van der Waals surface area (Å²) in [6.45, 7) is 14.1. The second kappa shape index (κ2) is 8.31. The number of carbonyl (C=O) groups excluding carboxylic acids is 2. The summed E-state index contributed by atoms with van der Waals surface area (Å²) in [6.07, 6.45) is 4.60. The highest BCUT2D eigenvalue weighted by molar-refractivity contribution is 5.97. The Morgan fingerprint density at radius 2 is 1.32 bits per heavy atom. The van der Waals surface area contributed by atoms with Crippen LogP contribution in [-0.2, 0) is 9.59 Å². The van der Waals surface area contributed by atoms with Crippen molar-refractivity contribution in [2.45, 2.75) is 24.0 Å². The van der Waals surface area contributed by atoms with Gasteiger partial charge in [-0.1, -0.05) is 24.3 Å². The topological polar surface area (TPSA) is 104 Å². The maximum absolute atomic E-state index is 12.7. The Hall–Kier alpha value is -2.18. The van der Waals surface area contributed by atoms with Crippen LogP contribution >= 0.6 is 0 Å². The Labute approximate surface area is 130 Å². The summed E-state index contributed by atoms with van der Waals surface area (Å²) in [6, 6.07) is 0. The first-order valence-corrected chi connectivity index (χ1v) is 6.72. The summed E-state index contributed by atoms with van der Waals surface area (Å²) in [7, 11) is 0. The van der Waals surface area contributed by atoms with E-state index in [1.807, 2.05) is 0 Å². The predicted octanol–water partition coefficient (Wildman–Crippen LogP) is 0.287. The molecule has 122 valence electrons. The van der Waals surface area contributed by atoms with Crippen molar-refractivity contribution in [2.75, 3.05) is 13.1 Å². The van der Waals surface area contributed by atoms with E-state index in [2.05, 4.69) is 26.3 Å². The first kappa shape index (κ1) is 19.8. The number of nitrogens with two attached hydrogens (primary N) is 1. The minimum atomic E-state index is -2.50. The molecular weight excluding hydrogens is 284 g/mol. The number of aliphatic hydroxyl groups is 2. The Morgan fingerprint density at radius 3 is 1.64 bits per heavy atom. The van der Waals surface area contributed by atoms with Gasteiger partial charge >= 0.3 is 0 Å². The molecule has 0 radical (unpaired) electrons. The zero-order chi connectivity index (χ0) is 17.4. The van der Waals surface area contributed by atoms with Crippen molar-refractivity contribution in [2.24, 2.45) is 5.73 Å². The van der Waals surface area contributed by atoms with E-state index in [4.69, 9.17) is 5.73 Å². The van der Waals surface area contributed by atoms with Crippen LogP contribution in [0.4, 0.5) is 0 Å². The monoisotopic (exact) mass is 308 g/mol. The van der Waals surface area contributed by atoms with E-state index < -0.39 is 23.0 Å². The SMILES string of the molecule is C=CCN(CC=C)C(=O)C(O)(CC=C)C(O)(CC=C)C(N)=O. The molecule has 2 unspecified atom stereocenters. The number of nitrogens with zero attached hydrogens (tertiary/aromatic N) is 1. The van der Waals surface area contributed by atoms with Gasteiger partial charge in [0.25, 0.3) is 11.8 Å². The van der Waals surface area contributed by atoms with Crippen molar-refractivity contribution in [1.82, 2.24) is 4.90 Å². The van der Waals surface area contributed by atoms with E-state index in [9.17, 15) is 19.8 Å². The van der Waals surface area contributed by atoms with E-state index >= 15 is 0 Å². The number of carbonyl (C=O) groups is 2. The molecule has 0 fully saturated rings. The molecule has 0 aromatic rings. The van der Waals surface area contributed by atoms with E-state index in [1.165, 1.54) is 29.2 Å². The Kier molecular flexibility index (Phi) is 7.49. The Morgan fingerprint density at radius 1 is 0.909 bits per heavy atom. The molecule has 0 aliphatic rings. The van der Waals surface area contributed by atoms with E-state index in [1.54, 1.807) is 0 Å². The zero-order valence-corrected chi connectivity index (χ0v) is 12.7. The second-order valence-corrected chi connectivity index (χ2v) is 4.86. The van der Waals surface area contributed by atoms with Crippen LogP contribution in [0.15, 0.2) is 50.6 Å². The second-order valence-electron chi connectivity index (χ2n) is 4.86. The molecule has 0 aliphatic carbocycles. The van der Waals surface area contributed by atoms with Crippen LogP contribution in [0.1, 0.15) is 12.8 Å². The van der Waals surface area contributed by atoms with Crippen LogP contribution in [0.2, 0.25) is 0 Å². The van der Waals surface area contributed by atoms with Gasteiger partial charge in [0, 0.05) is 25.9 Å². The minimum Gasteiger partial charge on any atom is -0.377 e. The highest BCUT2D eigenvalue weighted by Gasteiger charge is 2.58. The van der Waals surface area contributed by atoms with E-state index in [0.29, 0.717) is 0 Å². The Balaban J connectivity index is 6.00. The van der Waals surface area contributed by atoms with Gasteiger partial charge in [-0.2, -0.15) is 0 Å². The van der Waals surface area contributed by atoms with Gasteiger partial charge in [0.1, 0.15) is 0 Å². The smallest absolute Gasteiger partial charge is 0.259 e. The van der Waals surface area contributed by atoms with Gasteiger partial charge < -0.3 is 20.8 Å². The van der Waals surface area contributed by atoms with Gasteiger partial charge in [-0.25, -0.2) is 0 Å². The molecular formula is C16H24N2O4. The van der Waals surface area contributed by atoms with Crippen molar-refractivity contribution >= 4 is 11.8 Å². The van der Waals surface area contributed by atoms with Crippen LogP contribution in [0, 0.1) is 0 Å². The number of hydrogen-bond donors (Lipinski definition) is 3. The first-order valence-electron chi connectivity index (χ1n) is 6.72. The third-order valence-electron chi connectivity index (χ3n) is 3.31. The summed E-state index contributed by atoms with van der Waals surface area (Å²) in [5.74, 6) is -2.09. The first-order chi connectivity index (χ1) is 10.2. The summed E-state index contributed by atoms with van der Waals surface area (Å²) < 4.78 is 0. The largest absolute Gasteiger partial charge is 0.377 e. The van der Waals surface area contributed by atoms with Crippen molar-refractivity contribution in [3.8, 4) is 0 Å². The molecule has 0 saturated heterocycles. The molecule has 22 heavy (non-hydrogen) atoms. The molecule has 0 aromatic heterocycles. The molecule has 6 heteroatoms. The number of hydrogen-bond acceptors (Lipinski definition) is 4. The molecule has 0 aliphatic heterocycles. The molecule has 0 heterocycles. The predicted molar refractivity (Wildman–Crippen MR) is 85.7 cm³/mol. The van der Waals surface area contributed by atoms with Crippen molar-refractivity contribution in [3.63, 3.8) is 0 Å². The van der Waals surface area contributed by atoms with E-state index in [0.717, 1.165) is 0 Å². The fourth-order valence-electron chi connectivity index (χ4n) is 2.14. The summed E-state index contributed by atoms with van der Waals surface area (Å²) in [5.41, 5.74) is 0.260. The normalized spacial score (nSPS) is 15.7. The van der Waals surface area contributed by atoms with Gasteiger partial charge in [0.2, 0.25) is 0 Å². The molecule has 0 aromatic carbocycles. The molecule has 6 nitrogen and oxygen atoms in total.